The molecular weight excluding hydrogens is 1710 g/mol. The first-order valence-corrected chi connectivity index (χ1v) is 49.7. The van der Waals surface area contributed by atoms with Crippen molar-refractivity contribution < 1.29 is 0 Å². The molecule has 0 bridgehead atoms. The van der Waals surface area contributed by atoms with Crippen molar-refractivity contribution in [3.05, 3.63) is 496 Å². The van der Waals surface area contributed by atoms with Crippen LogP contribution in [0.2, 0.25) is 0 Å². The van der Waals surface area contributed by atoms with Gasteiger partial charge in [-0.2, -0.15) is 0 Å². The number of fused-ring (bicyclic) bond motifs is 44. The largest absolute Gasteiger partial charge is 0.308 e. The van der Waals surface area contributed by atoms with Crippen molar-refractivity contribution in [1.82, 2.24) is 39.9 Å². The number of rotatable bonds is 0. The Labute approximate surface area is 809 Å². The molecule has 0 unspecified atom stereocenters. The Morgan fingerprint density at radius 2 is 0.464 bits per heavy atom. The van der Waals surface area contributed by atoms with E-state index in [4.69, 9.17) is 29.9 Å². The predicted octanol–water partition coefficient (Wildman–Crippen LogP) is 27.6. The minimum absolute atomic E-state index is 0.799. The summed E-state index contributed by atoms with van der Waals surface area (Å²) in [5.41, 5.74) is 82.0. The molecule has 0 amide bonds. The molecule has 0 atom stereocenters. The van der Waals surface area contributed by atoms with Crippen molar-refractivity contribution in [3.8, 4) is 89.0 Å². The Balaban J connectivity index is 0.0000000829. The van der Waals surface area contributed by atoms with Crippen LogP contribution in [0.4, 0.5) is 68.2 Å². The molecule has 8 aliphatic carbocycles. The van der Waals surface area contributed by atoms with Gasteiger partial charge in [0, 0.05) is 113 Å². The number of hydrogen-bond donors (Lipinski definition) is 0. The second kappa shape index (κ2) is 28.4. The summed E-state index contributed by atoms with van der Waals surface area (Å²) in [6.07, 6.45) is 34.9. The fourth-order valence-corrected chi connectivity index (χ4v) is 27.8. The monoisotopic (exact) mass is 1790 g/mol. The lowest BCUT2D eigenvalue weighted by atomic mass is 9.88. The molecule has 36 rings (SSSR count). The minimum atomic E-state index is 0.799. The van der Waals surface area contributed by atoms with E-state index in [0.717, 1.165) is 131 Å². The number of nitrogens with zero attached hydrogens (tertiary/aromatic N) is 12. The van der Waals surface area contributed by atoms with Crippen LogP contribution in [0.1, 0.15) is 179 Å². The maximum atomic E-state index is 4.79. The molecule has 140 heavy (non-hydrogen) atoms. The van der Waals surface area contributed by atoms with E-state index in [0.29, 0.717) is 0 Å². The summed E-state index contributed by atoms with van der Waals surface area (Å²) in [6.45, 7) is 0. The normalized spacial score (nSPS) is 14.9. The summed E-state index contributed by atoms with van der Waals surface area (Å²) in [6, 6.07) is 95.9. The molecule has 12 heteroatoms. The zero-order valence-corrected chi connectivity index (χ0v) is 76.7. The molecular formula is C128H84N12. The smallest absolute Gasteiger partial charge is 0.0717 e. The fourth-order valence-electron chi connectivity index (χ4n) is 27.8. The molecule has 16 heterocycles. The van der Waals surface area contributed by atoms with Gasteiger partial charge in [0.2, 0.25) is 0 Å². The van der Waals surface area contributed by atoms with E-state index in [1.54, 1.807) is 0 Å². The predicted molar refractivity (Wildman–Crippen MR) is 555 cm³/mol. The van der Waals surface area contributed by atoms with Crippen LogP contribution in [0.3, 0.4) is 0 Å². The van der Waals surface area contributed by atoms with E-state index in [9.17, 15) is 0 Å². The topological polar surface area (TPSA) is 116 Å². The van der Waals surface area contributed by atoms with Gasteiger partial charge in [0.25, 0.3) is 0 Å². The standard InChI is InChI=1S/4C32H21N3/c1-2-5-22-18(4-1)13-26-23(22)7-8-24-25-15-21-12-19-9-11-34-29-17-28-30(6-3-10-33-28)35(32(19)29)31(21)16-20(25)14-27(24)26;1-2-5-23-18(4-1)12-19-7-8-24-25-15-22-13-20-9-11-34-28-17-27-29(6-3-10-33-27)35(32(20)28)30(22)16-21(25)14-26(24)31(19)23;1-2-4-23-18(3-1)12-27-24(23)5-6-25-26-14-21-11-19-7-10-34-29-15-22-17-33-9-8-30(22)35(32(19)29)31(21)16-20(26)13-28(25)27;1-2-4-23-18(3-1)12-27-24(23)5-6-25-26-14-22-11-20-8-10-34-29-15-19-7-9-33-17-31(19)35(32(20)29)30(22)16-21(26)13-28(25)27/h2*1-11,15-16H,12-14,17H2;2*1-10,14,16-17H,11-13,15H2. The summed E-state index contributed by atoms with van der Waals surface area (Å²) in [5, 5.41) is 0. The maximum absolute atomic E-state index is 4.79. The van der Waals surface area contributed by atoms with Gasteiger partial charge in [0.1, 0.15) is 0 Å². The summed E-state index contributed by atoms with van der Waals surface area (Å²) in [7, 11) is 0. The summed E-state index contributed by atoms with van der Waals surface area (Å²) >= 11 is 0. The van der Waals surface area contributed by atoms with Gasteiger partial charge in [0.05, 0.1) is 109 Å². The van der Waals surface area contributed by atoms with Crippen LogP contribution >= 0.6 is 0 Å². The molecule has 0 radical (unpaired) electrons. The Bertz CT molecular complexity index is 8530. The van der Waals surface area contributed by atoms with Gasteiger partial charge in [-0.05, 0) is 389 Å². The zero-order chi connectivity index (χ0) is 90.7. The average molecular weight is 1790 g/mol. The van der Waals surface area contributed by atoms with E-state index in [2.05, 4.69) is 284 Å². The summed E-state index contributed by atoms with van der Waals surface area (Å²) in [4.78, 5) is 47.2. The second-order valence-corrected chi connectivity index (χ2v) is 40.8. The molecule has 0 fully saturated rings. The molecule has 8 aromatic heterocycles. The van der Waals surface area contributed by atoms with Crippen molar-refractivity contribution in [3.63, 3.8) is 0 Å². The van der Waals surface area contributed by atoms with Gasteiger partial charge >= 0.3 is 0 Å². The van der Waals surface area contributed by atoms with Crippen molar-refractivity contribution in [1.29, 1.82) is 0 Å². The van der Waals surface area contributed by atoms with Crippen molar-refractivity contribution in [2.45, 2.75) is 103 Å². The maximum Gasteiger partial charge on any atom is 0.0717 e. The first kappa shape index (κ1) is 76.2. The van der Waals surface area contributed by atoms with E-state index in [1.165, 1.54) is 308 Å². The number of pyridine rings is 8. The lowest BCUT2D eigenvalue weighted by molar-refractivity contribution is 0.926. The average Bonchev–Trinajstić information content (AvgIpc) is 1.57. The van der Waals surface area contributed by atoms with E-state index < -0.39 is 0 Å². The Kier molecular flexibility index (Phi) is 15.4. The first-order valence-electron chi connectivity index (χ1n) is 49.7. The number of benzene rings is 12. The third kappa shape index (κ3) is 10.7. The first-order chi connectivity index (χ1) is 69.3. The van der Waals surface area contributed by atoms with Crippen LogP contribution < -0.4 is 19.6 Å². The highest BCUT2D eigenvalue weighted by Crippen LogP contribution is 2.61. The SMILES string of the molecule is c1ccc2c(c1)Cc1c-2ccc2c1Cc1cc3c(cc1-2)Cc1ccnc2c1N3c1cccnc1C2.c1ccc2c(c1)Cc1c-2ccc2c1Cc1cc3c(cc1-2)Cc1ccnc2c1N3c1ccncc1C2.c1ccc2c(c1)Cc1c-2ccc2c1Cc1cc3c(cc1-2)Cc1ccnc2c1N3c1cnccc1C2.c1ccc2c(c1)Cc1ccc3c(c1-2)Cc1cc2c(cc1-3)Cc1ccnc3c1N2c1cccnc1C3. The summed E-state index contributed by atoms with van der Waals surface area (Å²) < 4.78 is 0. The molecule has 0 saturated carbocycles. The van der Waals surface area contributed by atoms with Crippen molar-refractivity contribution in [2.24, 2.45) is 0 Å². The molecule has 12 nitrogen and oxygen atoms in total. The van der Waals surface area contributed by atoms with Gasteiger partial charge in [0.15, 0.2) is 0 Å². The third-order valence-corrected chi connectivity index (χ3v) is 33.8. The third-order valence-electron chi connectivity index (χ3n) is 33.8. The second-order valence-electron chi connectivity index (χ2n) is 40.8. The van der Waals surface area contributed by atoms with Gasteiger partial charge < -0.3 is 19.6 Å². The summed E-state index contributed by atoms with van der Waals surface area (Å²) in [5.74, 6) is 0. The highest BCUT2D eigenvalue weighted by molar-refractivity contribution is 6.01. The lowest BCUT2D eigenvalue weighted by Crippen LogP contribution is -2.26. The molecule has 656 valence electrons. The number of aromatic nitrogens is 8. The van der Waals surface area contributed by atoms with Gasteiger partial charge in [-0.1, -0.05) is 146 Å². The van der Waals surface area contributed by atoms with Crippen LogP contribution in [0.5, 0.6) is 0 Å². The van der Waals surface area contributed by atoms with Gasteiger partial charge in [-0.25, -0.2) is 0 Å². The van der Waals surface area contributed by atoms with Gasteiger partial charge in [-0.15, -0.1) is 0 Å². The molecule has 0 spiro atoms. The lowest BCUT2D eigenvalue weighted by Gasteiger charge is -2.38. The van der Waals surface area contributed by atoms with Crippen LogP contribution in [0.25, 0.3) is 89.0 Å². The van der Waals surface area contributed by atoms with Crippen LogP contribution in [-0.4, -0.2) is 39.9 Å². The quantitative estimate of drug-likeness (QED) is 0.144. The van der Waals surface area contributed by atoms with E-state index in [-0.39, 0.29) is 0 Å². The molecule has 20 aromatic rings. The number of anilines is 12. The van der Waals surface area contributed by atoms with Crippen LogP contribution in [0, 0.1) is 0 Å². The highest BCUT2D eigenvalue weighted by Gasteiger charge is 2.43. The fraction of sp³-hybridized carbons (Fsp3) is 0.125. The molecule has 0 saturated heterocycles. The van der Waals surface area contributed by atoms with Crippen LogP contribution in [0.15, 0.2) is 317 Å². The zero-order valence-electron chi connectivity index (χ0n) is 76.7. The Morgan fingerprint density at radius 3 is 0.900 bits per heavy atom. The molecule has 8 aliphatic heterocycles. The van der Waals surface area contributed by atoms with E-state index >= 15 is 0 Å². The molecule has 12 aromatic carbocycles. The highest BCUT2D eigenvalue weighted by atomic mass is 15.2. The van der Waals surface area contributed by atoms with Crippen LogP contribution in [-0.2, 0) is 103 Å². The van der Waals surface area contributed by atoms with E-state index in [1.807, 2.05) is 62.0 Å². The van der Waals surface area contributed by atoms with Gasteiger partial charge in [-0.3, -0.25) is 39.9 Å². The molecule has 0 N–H and O–H groups in total. The van der Waals surface area contributed by atoms with Crippen molar-refractivity contribution in [2.75, 3.05) is 19.6 Å². The molecule has 16 aliphatic rings. The Morgan fingerprint density at radius 1 is 0.150 bits per heavy atom. The minimum Gasteiger partial charge on any atom is -0.308 e. The van der Waals surface area contributed by atoms with Crippen molar-refractivity contribution >= 4 is 68.2 Å². The Hall–Kier alpha value is -17.0. The number of hydrogen-bond acceptors (Lipinski definition) is 12.